The number of aldehydes is 1. The van der Waals surface area contributed by atoms with E-state index in [1.54, 1.807) is 12.1 Å². The number of nitrogen functional groups attached to an aromatic ring is 1. The number of nitrogens with zero attached hydrogens (tertiary/aromatic N) is 1. The standard InChI is InChI=1S/C13H10BrN.C7H5BrO.C6H7N.H2O/c14-12-8-6-11(7-9-12)10-15-13-4-2-1-3-5-13;8-7-3-1-6(5-9)2-4-7;7-6-4-2-1-3-5-6;/h1-10H;1-5H;1-5H,7H2;1H2. The molecule has 0 fully saturated rings. The number of aliphatic imine (C=N–C) groups is 1. The van der Waals surface area contributed by atoms with Crippen molar-refractivity contribution in [2.24, 2.45) is 4.99 Å². The van der Waals surface area contributed by atoms with Gasteiger partial charge in [0, 0.05) is 26.4 Å². The molecule has 0 aliphatic heterocycles. The summed E-state index contributed by atoms with van der Waals surface area (Å²) < 4.78 is 2.08. The van der Waals surface area contributed by atoms with Crippen molar-refractivity contribution in [1.82, 2.24) is 0 Å². The monoisotopic (exact) mass is 554 g/mol. The number of hydrogen-bond acceptors (Lipinski definition) is 3. The Bertz CT molecular complexity index is 1050. The zero-order valence-corrected chi connectivity index (χ0v) is 20.4. The van der Waals surface area contributed by atoms with E-state index in [2.05, 4.69) is 36.9 Å². The smallest absolute Gasteiger partial charge is 0.150 e. The first-order valence-corrected chi connectivity index (χ1v) is 11.0. The third-order valence-electron chi connectivity index (χ3n) is 3.79. The van der Waals surface area contributed by atoms with Gasteiger partial charge in [0.25, 0.3) is 0 Å². The second-order valence-corrected chi connectivity index (χ2v) is 8.06. The van der Waals surface area contributed by atoms with Crippen molar-refractivity contribution < 1.29 is 10.3 Å². The van der Waals surface area contributed by atoms with E-state index in [0.717, 1.165) is 32.2 Å². The first kappa shape index (κ1) is 27.0. The van der Waals surface area contributed by atoms with Crippen molar-refractivity contribution >= 4 is 55.7 Å². The van der Waals surface area contributed by atoms with E-state index in [9.17, 15) is 4.79 Å². The van der Waals surface area contributed by atoms with Gasteiger partial charge in [-0.05, 0) is 54.1 Å². The molecule has 0 unspecified atom stereocenters. The molecule has 0 aliphatic rings. The third kappa shape index (κ3) is 11.4. The molecule has 4 nitrogen and oxygen atoms in total. The normalized spacial score (nSPS) is 9.44. The van der Waals surface area contributed by atoms with Gasteiger partial charge in [-0.1, -0.05) is 92.5 Å². The summed E-state index contributed by atoms with van der Waals surface area (Å²) in [7, 11) is 0. The van der Waals surface area contributed by atoms with Gasteiger partial charge < -0.3 is 11.2 Å². The average Bonchev–Trinajstić information content (AvgIpc) is 2.81. The van der Waals surface area contributed by atoms with Gasteiger partial charge in [0.2, 0.25) is 0 Å². The highest BCUT2D eigenvalue weighted by atomic mass is 79.9. The number of rotatable bonds is 3. The summed E-state index contributed by atoms with van der Waals surface area (Å²) in [4.78, 5) is 14.5. The summed E-state index contributed by atoms with van der Waals surface area (Å²) in [6, 6.07) is 34.7. The molecule has 6 heteroatoms. The zero-order valence-electron chi connectivity index (χ0n) is 17.2. The van der Waals surface area contributed by atoms with Crippen LogP contribution in [0.15, 0.2) is 123 Å². The van der Waals surface area contributed by atoms with Gasteiger partial charge in [0.05, 0.1) is 5.69 Å². The number of carbonyl (C=O) groups excluding carboxylic acids is 1. The molecule has 0 atom stereocenters. The molecule has 0 radical (unpaired) electrons. The van der Waals surface area contributed by atoms with Gasteiger partial charge in [-0.25, -0.2) is 0 Å². The summed E-state index contributed by atoms with van der Waals surface area (Å²) in [5.41, 5.74) is 8.96. The quantitative estimate of drug-likeness (QED) is 0.169. The molecule has 0 spiro atoms. The lowest BCUT2D eigenvalue weighted by Crippen LogP contribution is -1.79. The average molecular weight is 556 g/mol. The fourth-order valence-corrected chi connectivity index (χ4v) is 2.74. The fourth-order valence-electron chi connectivity index (χ4n) is 2.21. The van der Waals surface area contributed by atoms with E-state index in [0.29, 0.717) is 5.56 Å². The second kappa shape index (κ2) is 15.7. The van der Waals surface area contributed by atoms with Crippen molar-refractivity contribution in [2.45, 2.75) is 0 Å². The lowest BCUT2D eigenvalue weighted by atomic mass is 10.2. The second-order valence-electron chi connectivity index (χ2n) is 6.23. The molecule has 0 amide bonds. The van der Waals surface area contributed by atoms with Crippen molar-refractivity contribution in [2.75, 3.05) is 5.73 Å². The topological polar surface area (TPSA) is 86.9 Å². The minimum absolute atomic E-state index is 0. The fraction of sp³-hybridized carbons (Fsp3) is 0. The Balaban J connectivity index is 0.000000258. The predicted molar refractivity (Wildman–Crippen MR) is 142 cm³/mol. The highest BCUT2D eigenvalue weighted by molar-refractivity contribution is 9.10. The van der Waals surface area contributed by atoms with Crippen LogP contribution in [0.25, 0.3) is 0 Å². The molecule has 0 saturated heterocycles. The number of halogens is 2. The van der Waals surface area contributed by atoms with Crippen LogP contribution in [0.5, 0.6) is 0 Å². The van der Waals surface area contributed by atoms with Gasteiger partial charge >= 0.3 is 0 Å². The summed E-state index contributed by atoms with van der Waals surface area (Å²) in [5.74, 6) is 0. The summed E-state index contributed by atoms with van der Waals surface area (Å²) in [6.07, 6.45) is 2.69. The van der Waals surface area contributed by atoms with Crippen LogP contribution in [-0.2, 0) is 0 Å². The van der Waals surface area contributed by atoms with Crippen LogP contribution < -0.4 is 5.73 Å². The lowest BCUT2D eigenvalue weighted by molar-refractivity contribution is 0.112. The number of hydrogen-bond donors (Lipinski definition) is 1. The minimum Gasteiger partial charge on any atom is -0.412 e. The SMILES string of the molecule is Brc1ccc(C=Nc2ccccc2)cc1.Nc1ccccc1.O.O=Cc1ccc(Br)cc1. The van der Waals surface area contributed by atoms with Crippen molar-refractivity contribution in [3.8, 4) is 0 Å². The number of para-hydroxylation sites is 2. The molecule has 0 bridgehead atoms. The Morgan fingerprint density at radius 2 is 1.06 bits per heavy atom. The number of anilines is 1. The molecule has 4 aromatic carbocycles. The number of carbonyl (C=O) groups is 1. The third-order valence-corrected chi connectivity index (χ3v) is 4.85. The van der Waals surface area contributed by atoms with E-state index >= 15 is 0 Å². The van der Waals surface area contributed by atoms with Gasteiger partial charge in [-0.3, -0.25) is 9.79 Å². The summed E-state index contributed by atoms with van der Waals surface area (Å²) in [6.45, 7) is 0. The zero-order chi connectivity index (χ0) is 22.3. The van der Waals surface area contributed by atoms with Crippen LogP contribution in [0.2, 0.25) is 0 Å². The van der Waals surface area contributed by atoms with Crippen LogP contribution in [0.1, 0.15) is 15.9 Å². The highest BCUT2D eigenvalue weighted by Crippen LogP contribution is 2.12. The molecule has 4 aromatic rings. The summed E-state index contributed by atoms with van der Waals surface area (Å²) in [5, 5.41) is 0. The molecular weight excluding hydrogens is 532 g/mol. The lowest BCUT2D eigenvalue weighted by Gasteiger charge is -1.94. The Morgan fingerprint density at radius 3 is 1.47 bits per heavy atom. The molecule has 32 heavy (non-hydrogen) atoms. The number of nitrogens with two attached hydrogens (primary N) is 1. The van der Waals surface area contributed by atoms with E-state index in [1.165, 1.54) is 0 Å². The Morgan fingerprint density at radius 1 is 0.625 bits per heavy atom. The van der Waals surface area contributed by atoms with Gasteiger partial charge in [0.15, 0.2) is 0 Å². The van der Waals surface area contributed by atoms with E-state index in [4.69, 9.17) is 5.73 Å². The maximum atomic E-state index is 10.1. The van der Waals surface area contributed by atoms with Crippen LogP contribution >= 0.6 is 31.9 Å². The van der Waals surface area contributed by atoms with Crippen LogP contribution in [-0.4, -0.2) is 18.0 Å². The first-order chi connectivity index (χ1) is 15.1. The van der Waals surface area contributed by atoms with Crippen LogP contribution in [0, 0.1) is 0 Å². The van der Waals surface area contributed by atoms with Crippen molar-refractivity contribution in [3.63, 3.8) is 0 Å². The van der Waals surface area contributed by atoms with Gasteiger partial charge in [-0.2, -0.15) is 0 Å². The molecule has 0 aromatic heterocycles. The Kier molecular flexibility index (Phi) is 13.2. The highest BCUT2D eigenvalue weighted by Gasteiger charge is 1.89. The van der Waals surface area contributed by atoms with E-state index in [1.807, 2.05) is 103 Å². The van der Waals surface area contributed by atoms with Gasteiger partial charge in [-0.15, -0.1) is 0 Å². The minimum atomic E-state index is 0. The van der Waals surface area contributed by atoms with E-state index < -0.39 is 0 Å². The molecule has 4 N–H and O–H groups in total. The van der Waals surface area contributed by atoms with Crippen molar-refractivity contribution in [1.29, 1.82) is 0 Å². The molecule has 0 saturated carbocycles. The largest absolute Gasteiger partial charge is 0.412 e. The molecule has 164 valence electrons. The molecule has 4 rings (SSSR count). The van der Waals surface area contributed by atoms with Crippen molar-refractivity contribution in [3.05, 3.63) is 129 Å². The summed E-state index contributed by atoms with van der Waals surface area (Å²) >= 11 is 6.66. The number of benzene rings is 4. The molecule has 0 heterocycles. The maximum Gasteiger partial charge on any atom is 0.150 e. The predicted octanol–water partition coefficient (Wildman–Crippen LogP) is 6.91. The van der Waals surface area contributed by atoms with Crippen LogP contribution in [0.4, 0.5) is 11.4 Å². The first-order valence-electron chi connectivity index (χ1n) is 9.43. The van der Waals surface area contributed by atoms with Gasteiger partial charge in [0.1, 0.15) is 6.29 Å². The van der Waals surface area contributed by atoms with E-state index in [-0.39, 0.29) is 5.48 Å². The Labute approximate surface area is 205 Å². The Hall–Kier alpha value is -3.06. The van der Waals surface area contributed by atoms with Crippen LogP contribution in [0.3, 0.4) is 0 Å². The molecular formula is C26H24Br2N2O2. The maximum absolute atomic E-state index is 10.1. The molecule has 0 aliphatic carbocycles.